The number of hydrogen-bond acceptors (Lipinski definition) is 7. The molecule has 3 N–H and O–H groups in total. The van der Waals surface area contributed by atoms with E-state index in [1.165, 1.54) is 14.0 Å². The molecule has 0 aliphatic heterocycles. The van der Waals surface area contributed by atoms with E-state index in [0.29, 0.717) is 0 Å². The largest absolute Gasteiger partial charge is 0.461 e. The molecule has 0 aliphatic carbocycles. The Morgan fingerprint density at radius 1 is 1.23 bits per heavy atom. The first-order valence-electron chi connectivity index (χ1n) is 5.96. The fourth-order valence-corrected chi connectivity index (χ4v) is 1.45. The Morgan fingerprint density at radius 3 is 2.23 bits per heavy atom. The van der Waals surface area contributed by atoms with E-state index in [4.69, 9.17) is 19.3 Å². The Labute approximate surface area is 126 Å². The maximum Gasteiger partial charge on any atom is 0.407 e. The van der Waals surface area contributed by atoms with E-state index < -0.39 is 51.1 Å². The lowest BCUT2D eigenvalue weighted by Gasteiger charge is -2.17. The SMILES string of the molecule is C=C(C)C(=O)OCC(COC(=O)CP(=O)(O)O)OC(=O)NC. The summed E-state index contributed by atoms with van der Waals surface area (Å²) < 4.78 is 24.7. The van der Waals surface area contributed by atoms with Crippen LogP contribution in [-0.4, -0.2) is 60.3 Å². The van der Waals surface area contributed by atoms with Crippen LogP contribution in [0.2, 0.25) is 0 Å². The Hall–Kier alpha value is -1.90. The van der Waals surface area contributed by atoms with Crippen molar-refractivity contribution in [3.05, 3.63) is 12.2 Å². The summed E-state index contributed by atoms with van der Waals surface area (Å²) in [6.07, 6.45) is -3.10. The van der Waals surface area contributed by atoms with Crippen molar-refractivity contribution in [2.24, 2.45) is 0 Å². The lowest BCUT2D eigenvalue weighted by molar-refractivity contribution is -0.148. The average molecular weight is 339 g/mol. The molecule has 0 spiro atoms. The molecule has 0 saturated heterocycles. The summed E-state index contributed by atoms with van der Waals surface area (Å²) in [6.45, 7) is 3.83. The lowest BCUT2D eigenvalue weighted by Crippen LogP contribution is -2.34. The Morgan fingerprint density at radius 2 is 1.77 bits per heavy atom. The third-order valence-electron chi connectivity index (χ3n) is 1.99. The summed E-state index contributed by atoms with van der Waals surface area (Å²) >= 11 is 0. The van der Waals surface area contributed by atoms with E-state index in [1.807, 2.05) is 0 Å². The minimum atomic E-state index is -4.55. The van der Waals surface area contributed by atoms with Gasteiger partial charge in [-0.1, -0.05) is 6.58 Å². The molecule has 0 aromatic rings. The van der Waals surface area contributed by atoms with Gasteiger partial charge < -0.3 is 29.3 Å². The van der Waals surface area contributed by atoms with Gasteiger partial charge in [0.25, 0.3) is 0 Å². The Bertz CT molecular complexity index is 484. The van der Waals surface area contributed by atoms with E-state index >= 15 is 0 Å². The van der Waals surface area contributed by atoms with Crippen LogP contribution >= 0.6 is 7.60 Å². The van der Waals surface area contributed by atoms with Crippen LogP contribution in [0.15, 0.2) is 12.2 Å². The van der Waals surface area contributed by atoms with Gasteiger partial charge in [0.15, 0.2) is 6.10 Å². The molecule has 0 aliphatic rings. The summed E-state index contributed by atoms with van der Waals surface area (Å²) in [5.74, 6) is -1.91. The first kappa shape index (κ1) is 20.1. The van der Waals surface area contributed by atoms with Gasteiger partial charge in [0.2, 0.25) is 0 Å². The fourth-order valence-electron chi connectivity index (χ4n) is 1.02. The number of rotatable bonds is 8. The van der Waals surface area contributed by atoms with Gasteiger partial charge in [-0.2, -0.15) is 0 Å². The Kier molecular flexibility index (Phi) is 8.39. The second kappa shape index (κ2) is 9.19. The maximum absolute atomic E-state index is 11.2. The van der Waals surface area contributed by atoms with Crippen LogP contribution in [0.4, 0.5) is 4.79 Å². The predicted octanol–water partition coefficient (Wildman–Crippen LogP) is -0.449. The van der Waals surface area contributed by atoms with Crippen molar-refractivity contribution in [1.29, 1.82) is 0 Å². The average Bonchev–Trinajstić information content (AvgIpc) is 2.38. The number of nitrogens with one attached hydrogen (secondary N) is 1. The van der Waals surface area contributed by atoms with Crippen molar-refractivity contribution in [3.8, 4) is 0 Å². The summed E-state index contributed by atoms with van der Waals surface area (Å²) in [6, 6.07) is 0. The van der Waals surface area contributed by atoms with Crippen molar-refractivity contribution in [3.63, 3.8) is 0 Å². The third kappa shape index (κ3) is 9.92. The molecular formula is C11H18NO9P. The van der Waals surface area contributed by atoms with Crippen LogP contribution in [0.1, 0.15) is 6.92 Å². The van der Waals surface area contributed by atoms with Gasteiger partial charge in [-0.3, -0.25) is 9.36 Å². The Balaban J connectivity index is 4.50. The lowest BCUT2D eigenvalue weighted by atomic mass is 10.3. The highest BCUT2D eigenvalue weighted by atomic mass is 31.2. The predicted molar refractivity (Wildman–Crippen MR) is 73.0 cm³/mol. The zero-order valence-electron chi connectivity index (χ0n) is 12.1. The van der Waals surface area contributed by atoms with Crippen LogP contribution in [0, 0.1) is 0 Å². The van der Waals surface area contributed by atoms with E-state index in [1.54, 1.807) is 0 Å². The molecular weight excluding hydrogens is 321 g/mol. The summed E-state index contributed by atoms with van der Waals surface area (Å²) in [5.41, 5.74) is 0.122. The standard InChI is InChI=1S/C11H18NO9P/c1-7(2)10(14)20-5-8(21-11(15)12-3)4-19-9(13)6-22(16,17)18/h8H,1,4-6H2,2-3H3,(H,12,15)(H2,16,17,18). The molecule has 1 amide bonds. The highest BCUT2D eigenvalue weighted by Crippen LogP contribution is 2.33. The van der Waals surface area contributed by atoms with Gasteiger partial charge in [0, 0.05) is 12.6 Å². The minimum Gasteiger partial charge on any atom is -0.461 e. The highest BCUT2D eigenvalue weighted by molar-refractivity contribution is 7.52. The number of alkyl carbamates (subject to hydrolysis) is 1. The number of esters is 2. The molecule has 0 radical (unpaired) electrons. The van der Waals surface area contributed by atoms with E-state index in [-0.39, 0.29) is 5.57 Å². The molecule has 22 heavy (non-hydrogen) atoms. The van der Waals surface area contributed by atoms with Crippen molar-refractivity contribution in [2.75, 3.05) is 26.4 Å². The van der Waals surface area contributed by atoms with Crippen LogP contribution in [0.3, 0.4) is 0 Å². The van der Waals surface area contributed by atoms with Crippen molar-refractivity contribution in [1.82, 2.24) is 5.32 Å². The first-order valence-corrected chi connectivity index (χ1v) is 7.76. The van der Waals surface area contributed by atoms with Gasteiger partial charge in [-0.15, -0.1) is 0 Å². The smallest absolute Gasteiger partial charge is 0.407 e. The van der Waals surface area contributed by atoms with Crippen molar-refractivity contribution >= 4 is 25.6 Å². The minimum absolute atomic E-state index is 0.122. The number of amides is 1. The van der Waals surface area contributed by atoms with Gasteiger partial charge >= 0.3 is 25.6 Å². The third-order valence-corrected chi connectivity index (χ3v) is 2.66. The molecule has 0 saturated carbocycles. The number of ether oxygens (including phenoxy) is 3. The zero-order valence-corrected chi connectivity index (χ0v) is 13.0. The van der Waals surface area contributed by atoms with Crippen molar-refractivity contribution < 1.29 is 42.9 Å². The topological polar surface area (TPSA) is 148 Å². The van der Waals surface area contributed by atoms with E-state index in [9.17, 15) is 18.9 Å². The van der Waals surface area contributed by atoms with E-state index in [2.05, 4.69) is 16.6 Å². The number of carbonyl (C=O) groups is 3. The first-order chi connectivity index (χ1) is 10.0. The number of hydrogen-bond donors (Lipinski definition) is 3. The second-order valence-electron chi connectivity index (χ2n) is 4.16. The molecule has 1 atom stereocenters. The highest BCUT2D eigenvalue weighted by Gasteiger charge is 2.23. The van der Waals surface area contributed by atoms with Crippen LogP contribution in [-0.2, 0) is 28.4 Å². The second-order valence-corrected chi connectivity index (χ2v) is 5.81. The van der Waals surface area contributed by atoms with Crippen LogP contribution in [0.5, 0.6) is 0 Å². The molecule has 0 fully saturated rings. The maximum atomic E-state index is 11.2. The molecule has 0 aromatic carbocycles. The van der Waals surface area contributed by atoms with Crippen LogP contribution < -0.4 is 5.32 Å². The molecule has 10 nitrogen and oxygen atoms in total. The molecule has 0 bridgehead atoms. The quantitative estimate of drug-likeness (QED) is 0.231. The monoisotopic (exact) mass is 339 g/mol. The summed E-state index contributed by atoms with van der Waals surface area (Å²) in [7, 11) is -3.26. The molecule has 0 rings (SSSR count). The fraction of sp³-hybridized carbons (Fsp3) is 0.545. The number of carbonyl (C=O) groups excluding carboxylic acids is 3. The van der Waals surface area contributed by atoms with E-state index in [0.717, 1.165) is 0 Å². The molecule has 126 valence electrons. The van der Waals surface area contributed by atoms with Gasteiger partial charge in [0.05, 0.1) is 0 Å². The molecule has 0 aromatic heterocycles. The van der Waals surface area contributed by atoms with Crippen molar-refractivity contribution in [2.45, 2.75) is 13.0 Å². The molecule has 11 heteroatoms. The molecule has 1 unspecified atom stereocenters. The normalized spacial score (nSPS) is 12.0. The van der Waals surface area contributed by atoms with Gasteiger partial charge in [0.1, 0.15) is 19.4 Å². The zero-order chi connectivity index (χ0) is 17.3. The summed E-state index contributed by atoms with van der Waals surface area (Å²) in [4.78, 5) is 50.7. The van der Waals surface area contributed by atoms with Crippen LogP contribution in [0.25, 0.3) is 0 Å². The molecule has 0 heterocycles. The van der Waals surface area contributed by atoms with Gasteiger partial charge in [-0.05, 0) is 6.92 Å². The summed E-state index contributed by atoms with van der Waals surface area (Å²) in [5, 5.41) is 2.15. The van der Waals surface area contributed by atoms with Gasteiger partial charge in [-0.25, -0.2) is 9.59 Å².